The molecule has 2 aromatic heterocycles. The third-order valence-electron chi connectivity index (χ3n) is 7.52. The Morgan fingerprint density at radius 1 is 0.653 bits per heavy atom. The molecule has 0 radical (unpaired) electrons. The molecule has 0 spiro atoms. The van der Waals surface area contributed by atoms with Gasteiger partial charge in [-0.15, -0.1) is 0 Å². The van der Waals surface area contributed by atoms with Crippen LogP contribution in [0.25, 0.3) is 22.2 Å². The van der Waals surface area contributed by atoms with Gasteiger partial charge >= 0.3 is 0 Å². The fourth-order valence-electron chi connectivity index (χ4n) is 5.06. The van der Waals surface area contributed by atoms with Crippen LogP contribution in [0.5, 0.6) is 0 Å². The lowest BCUT2D eigenvalue weighted by Crippen LogP contribution is -2.41. The number of hydrazone groups is 2. The first-order valence-corrected chi connectivity index (χ1v) is 14.9. The van der Waals surface area contributed by atoms with Gasteiger partial charge < -0.3 is 4.42 Å². The maximum Gasteiger partial charge on any atom is 0.292 e. The second-order valence-electron chi connectivity index (χ2n) is 10.4. The fourth-order valence-corrected chi connectivity index (χ4v) is 5.31. The summed E-state index contributed by atoms with van der Waals surface area (Å²) in [6.07, 6.45) is 5.12. The van der Waals surface area contributed by atoms with Crippen LogP contribution in [0.4, 0.5) is 0 Å². The minimum absolute atomic E-state index is 0.00630. The maximum atomic E-state index is 14.0. The minimum atomic E-state index is -0.969. The number of rotatable bonds is 4. The highest BCUT2D eigenvalue weighted by molar-refractivity contribution is 6.32. The number of hydrogen-bond donors (Lipinski definition) is 0. The topological polar surface area (TPSA) is 186 Å². The lowest BCUT2D eigenvalue weighted by atomic mass is 9.96. The summed E-state index contributed by atoms with van der Waals surface area (Å²) < 4.78 is 6.19. The third-order valence-corrected chi connectivity index (χ3v) is 8.02. The Kier molecular flexibility index (Phi) is 8.55. The Bertz CT molecular complexity index is 2310. The van der Waals surface area contributed by atoms with E-state index in [9.17, 15) is 29.7 Å². The van der Waals surface area contributed by atoms with Gasteiger partial charge in [-0.25, -0.2) is 9.97 Å². The molecule has 49 heavy (non-hydrogen) atoms. The van der Waals surface area contributed by atoms with Crippen LogP contribution in [-0.4, -0.2) is 56.0 Å². The third kappa shape index (κ3) is 5.70. The predicted molar refractivity (Wildman–Crippen MR) is 176 cm³/mol. The summed E-state index contributed by atoms with van der Waals surface area (Å²) in [5, 5.41) is 29.9. The van der Waals surface area contributed by atoms with Gasteiger partial charge in [-0.2, -0.15) is 30.7 Å². The summed E-state index contributed by atoms with van der Waals surface area (Å²) in [6, 6.07) is 16.5. The van der Waals surface area contributed by atoms with Crippen molar-refractivity contribution < 1.29 is 23.6 Å². The Morgan fingerprint density at radius 2 is 1.02 bits per heavy atom. The standard InChI is InChI=1S/C34H18Cl2N8O5/c1-17-23(13-37)31(45)43(41-15-19-3-7-21(35)8-4-19)33(47)25(17)29-27-28(40-12-11-39-27)30(49-29)26-18(2)24(14-38)32(46)44(34(26)48)42-16-20-5-9-22(36)10-6-20/h3-12,15-16H,1-2H3/b29-25-,30-26+,41-15+,42-16+. The van der Waals surface area contributed by atoms with Gasteiger partial charge in [-0.1, -0.05) is 47.5 Å². The van der Waals surface area contributed by atoms with E-state index in [1.54, 1.807) is 48.5 Å². The van der Waals surface area contributed by atoms with E-state index in [1.807, 2.05) is 12.1 Å². The number of hydrogen-bond acceptors (Lipinski definition) is 11. The fraction of sp³-hybridized carbons (Fsp3) is 0.0588. The van der Waals surface area contributed by atoms with E-state index in [0.29, 0.717) is 31.2 Å². The first-order chi connectivity index (χ1) is 23.5. The molecule has 2 aliphatic heterocycles. The number of halogens is 2. The summed E-state index contributed by atoms with van der Waals surface area (Å²) in [5.41, 5.74) is -0.800. The quantitative estimate of drug-likeness (QED) is 0.229. The number of nitriles is 2. The van der Waals surface area contributed by atoms with Gasteiger partial charge in [-0.05, 0) is 60.4 Å². The summed E-state index contributed by atoms with van der Waals surface area (Å²) in [5.74, 6) is -3.84. The highest BCUT2D eigenvalue weighted by Gasteiger charge is 2.40. The molecule has 0 unspecified atom stereocenters. The van der Waals surface area contributed by atoms with Gasteiger partial charge in [-0.3, -0.25) is 19.2 Å². The van der Waals surface area contributed by atoms with Crippen LogP contribution in [0.3, 0.4) is 0 Å². The smallest absolute Gasteiger partial charge is 0.292 e. The van der Waals surface area contributed by atoms with Crippen LogP contribution in [0.2, 0.25) is 10.0 Å². The highest BCUT2D eigenvalue weighted by atomic mass is 35.5. The van der Waals surface area contributed by atoms with Crippen molar-refractivity contribution in [3.8, 4) is 12.1 Å². The van der Waals surface area contributed by atoms with Crippen molar-refractivity contribution in [2.45, 2.75) is 13.8 Å². The number of furan rings is 1. The molecule has 0 saturated carbocycles. The average Bonchev–Trinajstić information content (AvgIpc) is 3.45. The minimum Gasteiger partial charge on any atom is -0.451 e. The molecule has 4 heterocycles. The number of aromatic nitrogens is 2. The normalized spacial score (nSPS) is 18.0. The van der Waals surface area contributed by atoms with Crippen molar-refractivity contribution in [3.63, 3.8) is 0 Å². The lowest BCUT2D eigenvalue weighted by molar-refractivity contribution is -0.140. The molecule has 6 rings (SSSR count). The molecule has 13 nitrogen and oxygen atoms in total. The van der Waals surface area contributed by atoms with E-state index < -0.39 is 34.8 Å². The molecule has 238 valence electrons. The van der Waals surface area contributed by atoms with Gasteiger partial charge in [0.05, 0.1) is 23.6 Å². The molecule has 0 bridgehead atoms. The van der Waals surface area contributed by atoms with Gasteiger partial charge in [0, 0.05) is 22.4 Å². The monoisotopic (exact) mass is 688 g/mol. The van der Waals surface area contributed by atoms with Crippen LogP contribution in [0, 0.1) is 22.7 Å². The summed E-state index contributed by atoms with van der Waals surface area (Å²) in [4.78, 5) is 63.0. The zero-order valence-electron chi connectivity index (χ0n) is 25.3. The molecule has 2 aromatic carbocycles. The predicted octanol–water partition coefficient (Wildman–Crippen LogP) is 3.32. The number of imide groups is 2. The van der Waals surface area contributed by atoms with E-state index in [0.717, 1.165) is 0 Å². The largest absolute Gasteiger partial charge is 0.451 e. The van der Waals surface area contributed by atoms with E-state index >= 15 is 0 Å². The van der Waals surface area contributed by atoms with Gasteiger partial charge in [0.1, 0.15) is 34.3 Å². The molecular weight excluding hydrogens is 671 g/mol. The molecule has 0 N–H and O–H groups in total. The van der Waals surface area contributed by atoms with Gasteiger partial charge in [0.2, 0.25) is 0 Å². The second-order valence-corrected chi connectivity index (χ2v) is 11.3. The Balaban J connectivity index is 1.61. The number of benzene rings is 2. The number of carbonyl (C=O) groups is 4. The summed E-state index contributed by atoms with van der Waals surface area (Å²) in [7, 11) is 0. The molecule has 0 fully saturated rings. The highest BCUT2D eigenvalue weighted by Crippen LogP contribution is 2.28. The first kappa shape index (κ1) is 32.4. The van der Waals surface area contributed by atoms with Crippen molar-refractivity contribution >= 4 is 81.4 Å². The van der Waals surface area contributed by atoms with E-state index in [2.05, 4.69) is 20.2 Å². The maximum absolute atomic E-state index is 14.0. The van der Waals surface area contributed by atoms with Crippen LogP contribution >= 0.6 is 23.2 Å². The molecule has 0 saturated heterocycles. The molecule has 0 aliphatic carbocycles. The van der Waals surface area contributed by atoms with Crippen molar-refractivity contribution in [2.24, 2.45) is 10.2 Å². The van der Waals surface area contributed by atoms with E-state index in [1.165, 1.54) is 38.7 Å². The molecule has 4 amide bonds. The number of amides is 4. The lowest BCUT2D eigenvalue weighted by Gasteiger charge is -2.22. The molecule has 15 heteroatoms. The van der Waals surface area contributed by atoms with Crippen molar-refractivity contribution in [2.75, 3.05) is 0 Å². The Hall–Kier alpha value is -6.54. The Morgan fingerprint density at radius 3 is 1.37 bits per heavy atom. The van der Waals surface area contributed by atoms with Crippen molar-refractivity contribution in [1.29, 1.82) is 10.5 Å². The molecule has 0 atom stereocenters. The van der Waals surface area contributed by atoms with Crippen molar-refractivity contribution in [1.82, 2.24) is 20.0 Å². The molecule has 2 aliphatic rings. The Labute approximate surface area is 286 Å². The second kappa shape index (κ2) is 12.9. The van der Waals surface area contributed by atoms with Crippen LogP contribution in [0.1, 0.15) is 25.0 Å². The van der Waals surface area contributed by atoms with Gasteiger partial charge in [0.15, 0.2) is 10.8 Å². The summed E-state index contributed by atoms with van der Waals surface area (Å²) >= 11 is 11.9. The van der Waals surface area contributed by atoms with Crippen LogP contribution < -0.4 is 10.8 Å². The SMILES string of the molecule is CC1=C(C#N)C(=O)N(/N=C/c2ccc(Cl)cc2)C(=O)/C1=c1\o/c(=C2/C(=O)N(/N=C/c3ccc(Cl)cc3)C(=O)C(C#N)=C2C)c2nccnc12. The number of fused-ring (bicyclic) bond motifs is 1. The van der Waals surface area contributed by atoms with Gasteiger partial charge in [0.25, 0.3) is 23.6 Å². The molecule has 4 aromatic rings. The van der Waals surface area contributed by atoms with E-state index in [-0.39, 0.29) is 44.2 Å². The number of nitrogens with zero attached hydrogens (tertiary/aromatic N) is 8. The summed E-state index contributed by atoms with van der Waals surface area (Å²) in [6.45, 7) is 2.77. The van der Waals surface area contributed by atoms with E-state index in [4.69, 9.17) is 27.6 Å². The van der Waals surface area contributed by atoms with Crippen LogP contribution in [0.15, 0.2) is 97.8 Å². The number of carbonyl (C=O) groups excluding carboxylic acids is 4. The first-order valence-electron chi connectivity index (χ1n) is 14.1. The van der Waals surface area contributed by atoms with Crippen LogP contribution in [-0.2, 0) is 19.2 Å². The zero-order valence-corrected chi connectivity index (χ0v) is 26.8. The average molecular weight is 689 g/mol. The zero-order chi connectivity index (χ0) is 35.0. The molecular formula is C34H18Cl2N8O5. The van der Waals surface area contributed by atoms with Crippen molar-refractivity contribution in [3.05, 3.63) is 115 Å².